The van der Waals surface area contributed by atoms with Gasteiger partial charge < -0.3 is 14.8 Å². The van der Waals surface area contributed by atoms with Gasteiger partial charge >= 0.3 is 5.97 Å². The van der Waals surface area contributed by atoms with Gasteiger partial charge in [0.15, 0.2) is 0 Å². The number of esters is 1. The number of nitriles is 1. The summed E-state index contributed by atoms with van der Waals surface area (Å²) < 4.78 is 9.62. The molecule has 19 heavy (non-hydrogen) atoms. The maximum absolute atomic E-state index is 11.6. The van der Waals surface area contributed by atoms with E-state index in [0.29, 0.717) is 26.1 Å². The molecule has 0 bridgehead atoms. The molecular weight excluding hydrogens is 250 g/mol. The van der Waals surface area contributed by atoms with Gasteiger partial charge in [0.1, 0.15) is 6.04 Å². The van der Waals surface area contributed by atoms with E-state index in [2.05, 4.69) is 10.1 Å². The molecule has 0 aromatic heterocycles. The van der Waals surface area contributed by atoms with Crippen molar-refractivity contribution in [2.24, 2.45) is 0 Å². The van der Waals surface area contributed by atoms with Crippen LogP contribution in [0.5, 0.6) is 0 Å². The Morgan fingerprint density at radius 3 is 2.53 bits per heavy atom. The van der Waals surface area contributed by atoms with Crippen LogP contribution in [0.15, 0.2) is 0 Å². The van der Waals surface area contributed by atoms with E-state index in [1.165, 1.54) is 14.0 Å². The number of rotatable bonds is 9. The van der Waals surface area contributed by atoms with Crippen molar-refractivity contribution in [1.82, 2.24) is 10.2 Å². The van der Waals surface area contributed by atoms with E-state index < -0.39 is 12.0 Å². The van der Waals surface area contributed by atoms with Crippen molar-refractivity contribution in [3.8, 4) is 6.07 Å². The highest BCUT2D eigenvalue weighted by Gasteiger charge is 2.23. The number of methoxy groups -OCH3 is 2. The molecule has 0 saturated heterocycles. The lowest BCUT2D eigenvalue weighted by Crippen LogP contribution is -2.49. The molecule has 1 amide bonds. The normalized spacial score (nSPS) is 11.7. The summed E-state index contributed by atoms with van der Waals surface area (Å²) in [4.78, 5) is 24.5. The van der Waals surface area contributed by atoms with Crippen LogP contribution in [0.4, 0.5) is 0 Å². The first-order chi connectivity index (χ1) is 9.04. The van der Waals surface area contributed by atoms with Gasteiger partial charge in [0.25, 0.3) is 0 Å². The van der Waals surface area contributed by atoms with E-state index in [0.717, 1.165) is 0 Å². The highest BCUT2D eigenvalue weighted by Crippen LogP contribution is 1.98. The number of carbonyl (C=O) groups excluding carboxylic acids is 2. The summed E-state index contributed by atoms with van der Waals surface area (Å²) in [6.45, 7) is 3.19. The minimum atomic E-state index is -0.738. The predicted octanol–water partition coefficient (Wildman–Crippen LogP) is -0.474. The van der Waals surface area contributed by atoms with Crippen LogP contribution in [0, 0.1) is 11.3 Å². The van der Waals surface area contributed by atoms with Gasteiger partial charge in [0, 0.05) is 40.1 Å². The monoisotopic (exact) mass is 271 g/mol. The Balaban J connectivity index is 4.56. The van der Waals surface area contributed by atoms with Gasteiger partial charge in [-0.1, -0.05) is 0 Å². The van der Waals surface area contributed by atoms with Gasteiger partial charge in [-0.25, -0.2) is 4.79 Å². The molecule has 1 unspecified atom stereocenters. The first-order valence-electron chi connectivity index (χ1n) is 5.98. The number of nitrogens with zero attached hydrogens (tertiary/aromatic N) is 2. The second-order valence-corrected chi connectivity index (χ2v) is 3.98. The van der Waals surface area contributed by atoms with Gasteiger partial charge in [-0.2, -0.15) is 5.26 Å². The van der Waals surface area contributed by atoms with Crippen molar-refractivity contribution in [3.63, 3.8) is 0 Å². The van der Waals surface area contributed by atoms with Crippen LogP contribution in [0.2, 0.25) is 0 Å². The zero-order chi connectivity index (χ0) is 14.7. The lowest BCUT2D eigenvalue weighted by molar-refractivity contribution is -0.145. The van der Waals surface area contributed by atoms with Crippen LogP contribution in [0.3, 0.4) is 0 Å². The Labute approximate surface area is 113 Å². The van der Waals surface area contributed by atoms with E-state index in [4.69, 9.17) is 10.00 Å². The van der Waals surface area contributed by atoms with Crippen molar-refractivity contribution in [3.05, 3.63) is 0 Å². The van der Waals surface area contributed by atoms with Crippen LogP contribution in [0.1, 0.15) is 13.3 Å². The molecule has 0 aromatic carbocycles. The Kier molecular flexibility index (Phi) is 9.40. The van der Waals surface area contributed by atoms with E-state index in [9.17, 15) is 9.59 Å². The molecule has 1 N–H and O–H groups in total. The van der Waals surface area contributed by atoms with Gasteiger partial charge in [-0.15, -0.1) is 0 Å². The molecule has 7 nitrogen and oxygen atoms in total. The predicted molar refractivity (Wildman–Crippen MR) is 68.2 cm³/mol. The third-order valence-electron chi connectivity index (χ3n) is 2.46. The van der Waals surface area contributed by atoms with Gasteiger partial charge in [0.2, 0.25) is 5.91 Å². The van der Waals surface area contributed by atoms with E-state index in [-0.39, 0.29) is 12.5 Å². The highest BCUT2D eigenvalue weighted by molar-refractivity contribution is 5.83. The number of hydrogen-bond donors (Lipinski definition) is 1. The molecule has 0 aliphatic carbocycles. The summed E-state index contributed by atoms with van der Waals surface area (Å²) in [7, 11) is 2.85. The van der Waals surface area contributed by atoms with Crippen molar-refractivity contribution < 1.29 is 19.1 Å². The summed E-state index contributed by atoms with van der Waals surface area (Å²) in [5, 5.41) is 11.1. The van der Waals surface area contributed by atoms with Crippen molar-refractivity contribution in [1.29, 1.82) is 5.26 Å². The average molecular weight is 271 g/mol. The maximum atomic E-state index is 11.6. The molecule has 0 fully saturated rings. The van der Waals surface area contributed by atoms with Gasteiger partial charge in [0.05, 0.1) is 19.8 Å². The van der Waals surface area contributed by atoms with E-state index >= 15 is 0 Å². The Bertz CT molecular complexity index is 327. The zero-order valence-electron chi connectivity index (χ0n) is 11.6. The topological polar surface area (TPSA) is 91.7 Å². The van der Waals surface area contributed by atoms with Crippen LogP contribution in [-0.4, -0.2) is 63.3 Å². The Hall–Kier alpha value is -1.65. The third kappa shape index (κ3) is 8.13. The number of amides is 1. The summed E-state index contributed by atoms with van der Waals surface area (Å²) >= 11 is 0. The molecule has 108 valence electrons. The minimum Gasteiger partial charge on any atom is -0.467 e. The summed E-state index contributed by atoms with van der Waals surface area (Å²) in [6, 6.07) is 1.31. The second kappa shape index (κ2) is 10.3. The summed E-state index contributed by atoms with van der Waals surface area (Å²) in [6.07, 6.45) is 0.345. The molecule has 0 heterocycles. The number of hydrogen-bond acceptors (Lipinski definition) is 6. The molecule has 0 rings (SSSR count). The fraction of sp³-hybridized carbons (Fsp3) is 0.750. The Morgan fingerprint density at radius 2 is 2.05 bits per heavy atom. The molecular formula is C12H21N3O4. The average Bonchev–Trinajstić information content (AvgIpc) is 2.39. The molecule has 0 aliphatic heterocycles. The molecule has 0 radical (unpaired) electrons. The largest absolute Gasteiger partial charge is 0.467 e. The molecule has 0 saturated carbocycles. The van der Waals surface area contributed by atoms with Crippen molar-refractivity contribution >= 4 is 11.9 Å². The SMILES string of the molecule is COCCN(CCC#N)CC(NC(C)=O)C(=O)OC. The summed E-state index contributed by atoms with van der Waals surface area (Å²) in [5.41, 5.74) is 0. The summed E-state index contributed by atoms with van der Waals surface area (Å²) in [5.74, 6) is -0.808. The quantitative estimate of drug-likeness (QED) is 0.570. The Morgan fingerprint density at radius 1 is 1.37 bits per heavy atom. The first-order valence-corrected chi connectivity index (χ1v) is 5.98. The first kappa shape index (κ1) is 17.4. The lowest BCUT2D eigenvalue weighted by Gasteiger charge is -2.25. The lowest BCUT2D eigenvalue weighted by atomic mass is 10.2. The smallest absolute Gasteiger partial charge is 0.329 e. The standard InChI is InChI=1S/C12H21N3O4/c1-10(16)14-11(12(17)19-3)9-15(6-4-5-13)7-8-18-2/h11H,4,6-9H2,1-3H3,(H,14,16). The number of nitrogens with one attached hydrogen (secondary N) is 1. The van der Waals surface area contributed by atoms with Crippen molar-refractivity contribution in [2.45, 2.75) is 19.4 Å². The number of carbonyl (C=O) groups is 2. The molecule has 0 aliphatic rings. The van der Waals surface area contributed by atoms with Crippen LogP contribution in [0.25, 0.3) is 0 Å². The van der Waals surface area contributed by atoms with Crippen LogP contribution >= 0.6 is 0 Å². The minimum absolute atomic E-state index is 0.289. The van der Waals surface area contributed by atoms with Crippen LogP contribution < -0.4 is 5.32 Å². The maximum Gasteiger partial charge on any atom is 0.329 e. The molecule has 0 spiro atoms. The van der Waals surface area contributed by atoms with Gasteiger partial charge in [-0.3, -0.25) is 9.69 Å². The van der Waals surface area contributed by atoms with Gasteiger partial charge in [-0.05, 0) is 0 Å². The van der Waals surface area contributed by atoms with Crippen LogP contribution in [-0.2, 0) is 19.1 Å². The fourth-order valence-corrected chi connectivity index (χ4v) is 1.55. The van der Waals surface area contributed by atoms with E-state index in [1.54, 1.807) is 7.11 Å². The third-order valence-corrected chi connectivity index (χ3v) is 2.46. The fourth-order valence-electron chi connectivity index (χ4n) is 1.55. The highest BCUT2D eigenvalue weighted by atomic mass is 16.5. The second-order valence-electron chi connectivity index (χ2n) is 3.98. The molecule has 1 atom stereocenters. The van der Waals surface area contributed by atoms with E-state index in [1.807, 2.05) is 11.0 Å². The van der Waals surface area contributed by atoms with Crippen molar-refractivity contribution in [2.75, 3.05) is 40.5 Å². The molecule has 7 heteroatoms. The zero-order valence-corrected chi connectivity index (χ0v) is 11.6. The number of ether oxygens (including phenoxy) is 2. The molecule has 0 aromatic rings.